The molecule has 0 radical (unpaired) electrons. The first-order valence-corrected chi connectivity index (χ1v) is 7.99. The molecule has 25 heavy (non-hydrogen) atoms. The van der Waals surface area contributed by atoms with Crippen LogP contribution in [-0.2, 0) is 4.74 Å². The number of halogens is 1. The van der Waals surface area contributed by atoms with Gasteiger partial charge < -0.3 is 14.7 Å². The van der Waals surface area contributed by atoms with Crippen molar-refractivity contribution in [2.75, 3.05) is 0 Å². The van der Waals surface area contributed by atoms with E-state index in [9.17, 15) is 14.9 Å². The molecule has 0 aliphatic rings. The predicted molar refractivity (Wildman–Crippen MR) is 94.1 cm³/mol. The van der Waals surface area contributed by atoms with Gasteiger partial charge in [-0.05, 0) is 31.5 Å². The minimum Gasteiger partial charge on any atom is -0.805 e. The lowest BCUT2D eigenvalue weighted by Crippen LogP contribution is -2.31. The SMILES string of the molecule is Cc1c(C(=O)OC(C)c2ccccc2)[n+](=O)c2cc(Cl)ccc2n1[O-]. The highest BCUT2D eigenvalue weighted by molar-refractivity contribution is 6.31. The van der Waals surface area contributed by atoms with E-state index < -0.39 is 12.1 Å². The zero-order valence-electron chi connectivity index (χ0n) is 13.6. The van der Waals surface area contributed by atoms with Gasteiger partial charge >= 0.3 is 11.7 Å². The molecule has 1 atom stereocenters. The van der Waals surface area contributed by atoms with E-state index >= 15 is 0 Å². The Morgan fingerprint density at radius 2 is 1.92 bits per heavy atom. The van der Waals surface area contributed by atoms with Crippen molar-refractivity contribution in [3.05, 3.63) is 80.6 Å². The van der Waals surface area contributed by atoms with Gasteiger partial charge in [0.15, 0.2) is 0 Å². The van der Waals surface area contributed by atoms with E-state index in [-0.39, 0.29) is 27.4 Å². The van der Waals surface area contributed by atoms with Crippen LogP contribution in [0.5, 0.6) is 0 Å². The van der Waals surface area contributed by atoms with E-state index in [0.29, 0.717) is 9.16 Å². The zero-order chi connectivity index (χ0) is 18.1. The number of hydrogen-bond acceptors (Lipinski definition) is 4. The average molecular weight is 359 g/mol. The molecule has 2 aromatic carbocycles. The molecule has 1 unspecified atom stereocenters. The van der Waals surface area contributed by atoms with Crippen LogP contribution in [0.4, 0.5) is 0 Å². The maximum absolute atomic E-state index is 12.6. The number of fused-ring (bicyclic) bond motifs is 1. The summed E-state index contributed by atoms with van der Waals surface area (Å²) in [5.74, 6) is -0.865. The first-order chi connectivity index (χ1) is 11.9. The second kappa shape index (κ2) is 6.57. The Hall–Kier alpha value is -2.86. The molecule has 0 amide bonds. The van der Waals surface area contributed by atoms with Gasteiger partial charge in [0.05, 0.1) is 10.1 Å². The number of rotatable bonds is 3. The summed E-state index contributed by atoms with van der Waals surface area (Å²) in [6, 6.07) is 13.4. The Labute approximate surface area is 148 Å². The third kappa shape index (κ3) is 3.08. The van der Waals surface area contributed by atoms with Gasteiger partial charge in [-0.2, -0.15) is 0 Å². The summed E-state index contributed by atoms with van der Waals surface area (Å²) >= 11 is 5.90. The summed E-state index contributed by atoms with van der Waals surface area (Å²) in [7, 11) is 0. The number of esters is 1. The number of carbonyl (C=O) groups excluding carboxylic acids is 1. The largest absolute Gasteiger partial charge is 0.805 e. The van der Waals surface area contributed by atoms with Gasteiger partial charge in [-0.3, -0.25) is 0 Å². The summed E-state index contributed by atoms with van der Waals surface area (Å²) < 4.78 is 6.30. The molecule has 7 heteroatoms. The molecule has 0 bridgehead atoms. The Morgan fingerprint density at radius 3 is 2.60 bits per heavy atom. The Bertz CT molecular complexity index is 1020. The molecular formula is C18H15ClN2O4. The van der Waals surface area contributed by atoms with Crippen molar-refractivity contribution in [2.24, 2.45) is 0 Å². The van der Waals surface area contributed by atoms with Gasteiger partial charge in [-0.25, -0.2) is 4.79 Å². The van der Waals surface area contributed by atoms with Crippen LogP contribution in [0.15, 0.2) is 48.5 Å². The van der Waals surface area contributed by atoms with Crippen LogP contribution in [0.25, 0.3) is 11.0 Å². The lowest BCUT2D eigenvalue weighted by Gasteiger charge is -2.17. The number of carbonyl (C=O) groups is 1. The Kier molecular flexibility index (Phi) is 4.46. The maximum Gasteiger partial charge on any atom is 0.411 e. The molecule has 1 aromatic heterocycles. The number of hydrogen-bond donors (Lipinski definition) is 0. The number of ether oxygens (including phenoxy) is 1. The van der Waals surface area contributed by atoms with Gasteiger partial charge in [0.2, 0.25) is 0 Å². The van der Waals surface area contributed by atoms with Crippen molar-refractivity contribution in [1.82, 2.24) is 4.73 Å². The van der Waals surface area contributed by atoms with Crippen LogP contribution in [0.3, 0.4) is 0 Å². The van der Waals surface area contributed by atoms with E-state index in [4.69, 9.17) is 16.3 Å². The lowest BCUT2D eigenvalue weighted by molar-refractivity contribution is -0.469. The van der Waals surface area contributed by atoms with E-state index in [1.807, 2.05) is 30.3 Å². The van der Waals surface area contributed by atoms with Crippen molar-refractivity contribution < 1.29 is 14.0 Å². The molecule has 128 valence electrons. The molecule has 0 N–H and O–H groups in total. The van der Waals surface area contributed by atoms with E-state index in [1.54, 1.807) is 6.92 Å². The van der Waals surface area contributed by atoms with E-state index in [1.165, 1.54) is 25.1 Å². The van der Waals surface area contributed by atoms with Gasteiger partial charge in [0, 0.05) is 16.0 Å². The molecule has 0 fully saturated rings. The van der Waals surface area contributed by atoms with Crippen molar-refractivity contribution in [3.63, 3.8) is 0 Å². The number of nitrogens with zero attached hydrogens (tertiary/aromatic N) is 2. The third-order valence-corrected chi connectivity index (χ3v) is 4.21. The summed E-state index contributed by atoms with van der Waals surface area (Å²) in [5.41, 5.74) is 0.532. The van der Waals surface area contributed by atoms with Crippen LogP contribution in [0.2, 0.25) is 5.02 Å². The summed E-state index contributed by atoms with van der Waals surface area (Å²) in [6.45, 7) is 3.10. The monoisotopic (exact) mass is 358 g/mol. The molecule has 0 aliphatic heterocycles. The van der Waals surface area contributed by atoms with Gasteiger partial charge in [-0.15, -0.1) is 0 Å². The molecule has 0 saturated carbocycles. The van der Waals surface area contributed by atoms with E-state index in [0.717, 1.165) is 5.56 Å². The molecule has 1 heterocycles. The van der Waals surface area contributed by atoms with Gasteiger partial charge in [0.1, 0.15) is 11.6 Å². The first kappa shape index (κ1) is 17.0. The van der Waals surface area contributed by atoms with Crippen LogP contribution in [0, 0.1) is 17.0 Å². The normalized spacial score (nSPS) is 12.1. The maximum atomic E-state index is 12.6. The molecule has 0 saturated heterocycles. The highest BCUT2D eigenvalue weighted by Gasteiger charge is 2.30. The van der Waals surface area contributed by atoms with Gasteiger partial charge in [0.25, 0.3) is 5.52 Å². The van der Waals surface area contributed by atoms with Crippen LogP contribution >= 0.6 is 11.6 Å². The van der Waals surface area contributed by atoms with E-state index in [2.05, 4.69) is 0 Å². The first-order valence-electron chi connectivity index (χ1n) is 7.61. The topological polar surface area (TPSA) is 77.3 Å². The molecule has 3 rings (SSSR count). The number of aromatic nitrogens is 2. The predicted octanol–water partition coefficient (Wildman–Crippen LogP) is 3.78. The lowest BCUT2D eigenvalue weighted by atomic mass is 10.1. The van der Waals surface area contributed by atoms with Crippen LogP contribution in [-0.4, -0.2) is 10.7 Å². The fraction of sp³-hybridized carbons (Fsp3) is 0.167. The number of benzene rings is 2. The molecule has 0 spiro atoms. The molecular weight excluding hydrogens is 344 g/mol. The highest BCUT2D eigenvalue weighted by Crippen LogP contribution is 2.21. The second-order valence-corrected chi connectivity index (χ2v) is 6.05. The highest BCUT2D eigenvalue weighted by atomic mass is 35.5. The summed E-state index contributed by atoms with van der Waals surface area (Å²) in [4.78, 5) is 25.1. The molecule has 6 nitrogen and oxygen atoms in total. The Balaban J connectivity index is 2.06. The van der Waals surface area contributed by atoms with Crippen molar-refractivity contribution in [2.45, 2.75) is 20.0 Å². The summed E-state index contributed by atoms with van der Waals surface area (Å²) in [6.07, 6.45) is -0.566. The minimum atomic E-state index is -0.865. The molecule has 3 aromatic rings. The quantitative estimate of drug-likeness (QED) is 0.527. The van der Waals surface area contributed by atoms with Crippen molar-refractivity contribution in [3.8, 4) is 0 Å². The van der Waals surface area contributed by atoms with Crippen LogP contribution in [0.1, 0.15) is 34.8 Å². The third-order valence-electron chi connectivity index (χ3n) is 3.97. The smallest absolute Gasteiger partial charge is 0.411 e. The van der Waals surface area contributed by atoms with Crippen molar-refractivity contribution in [1.29, 1.82) is 0 Å². The summed E-state index contributed by atoms with van der Waals surface area (Å²) in [5, 5.41) is 12.7. The second-order valence-electron chi connectivity index (χ2n) is 5.61. The standard InChI is InChI=1S/C18H15ClN2O4/c1-11-17(18(22)25-12(2)13-6-4-3-5-7-13)21(24)16-10-14(19)8-9-15(16)20(11)23/h3-10,12H,1-2H3. The van der Waals surface area contributed by atoms with Gasteiger partial charge in [-0.1, -0.05) is 41.9 Å². The minimum absolute atomic E-state index is 0.00686. The molecule has 0 aliphatic carbocycles. The van der Waals surface area contributed by atoms with Crippen LogP contribution < -0.4 is 4.43 Å². The Morgan fingerprint density at radius 1 is 1.24 bits per heavy atom. The fourth-order valence-electron chi connectivity index (χ4n) is 2.61. The zero-order valence-corrected chi connectivity index (χ0v) is 14.4. The van der Waals surface area contributed by atoms with Crippen molar-refractivity contribution >= 4 is 28.6 Å². The average Bonchev–Trinajstić information content (AvgIpc) is 2.60. The fourth-order valence-corrected chi connectivity index (χ4v) is 2.78.